The molecule has 1 atom stereocenters. The summed E-state index contributed by atoms with van der Waals surface area (Å²) >= 11 is 0. The zero-order valence-electron chi connectivity index (χ0n) is 14.7. The minimum atomic E-state index is -0.263. The van der Waals surface area contributed by atoms with Crippen LogP contribution in [0.3, 0.4) is 0 Å². The van der Waals surface area contributed by atoms with Crippen molar-refractivity contribution in [2.24, 2.45) is 17.8 Å². The number of halogens is 1. The van der Waals surface area contributed by atoms with Gasteiger partial charge in [-0.15, -0.1) is 0 Å². The van der Waals surface area contributed by atoms with Crippen LogP contribution in [0.5, 0.6) is 0 Å². The molecule has 2 aliphatic rings. The highest BCUT2D eigenvalue weighted by Gasteiger charge is 2.31. The Hall–Kier alpha value is -1.62. The van der Waals surface area contributed by atoms with Crippen LogP contribution in [0.4, 0.5) is 4.39 Å². The Morgan fingerprint density at radius 1 is 1.17 bits per heavy atom. The minimum Gasteiger partial charge on any atom is -0.205 e. The van der Waals surface area contributed by atoms with Crippen LogP contribution >= 0.6 is 0 Å². The van der Waals surface area contributed by atoms with Gasteiger partial charge in [0.15, 0.2) is 0 Å². The van der Waals surface area contributed by atoms with Crippen molar-refractivity contribution in [1.29, 1.82) is 5.26 Å². The van der Waals surface area contributed by atoms with E-state index in [1.807, 2.05) is 12.1 Å². The normalized spacial score (nSPS) is 27.0. The lowest BCUT2D eigenvalue weighted by atomic mass is 9.69. The molecule has 1 aromatic carbocycles. The topological polar surface area (TPSA) is 23.8 Å². The molecule has 1 fully saturated rings. The van der Waals surface area contributed by atoms with Gasteiger partial charge in [-0.05, 0) is 86.8 Å². The largest absolute Gasteiger partial charge is 0.205 e. The summed E-state index contributed by atoms with van der Waals surface area (Å²) in [6.07, 6.45) is 15.3. The third-order valence-electron chi connectivity index (χ3n) is 6.24. The van der Waals surface area contributed by atoms with Crippen LogP contribution in [0.2, 0.25) is 0 Å². The zero-order valence-corrected chi connectivity index (χ0v) is 14.7. The molecule has 0 saturated heterocycles. The van der Waals surface area contributed by atoms with Crippen molar-refractivity contribution in [1.82, 2.24) is 0 Å². The standard InChI is InChI=1S/C22H28FN/c1-2-3-4-5-16-6-8-17(9-7-16)18-12-13-21-19(14-18)10-11-20(15-24)22(21)23/h2-3,10-11,16-18H,4-9,12-14H2,1H3. The van der Waals surface area contributed by atoms with Gasteiger partial charge in [0.2, 0.25) is 0 Å². The summed E-state index contributed by atoms with van der Waals surface area (Å²) in [5, 5.41) is 8.98. The number of hydrogen-bond acceptors (Lipinski definition) is 1. The first-order chi connectivity index (χ1) is 11.7. The Kier molecular flexibility index (Phi) is 5.72. The molecule has 2 heteroatoms. The molecule has 0 spiro atoms. The summed E-state index contributed by atoms with van der Waals surface area (Å²) in [5.41, 5.74) is 2.16. The van der Waals surface area contributed by atoms with Crippen LogP contribution in [0.1, 0.15) is 68.6 Å². The molecule has 0 N–H and O–H groups in total. The predicted molar refractivity (Wildman–Crippen MR) is 96.1 cm³/mol. The molecule has 1 saturated carbocycles. The molecular weight excluding hydrogens is 297 g/mol. The summed E-state index contributed by atoms with van der Waals surface area (Å²) in [4.78, 5) is 0. The van der Waals surface area contributed by atoms with E-state index in [0.29, 0.717) is 5.92 Å². The highest BCUT2D eigenvalue weighted by molar-refractivity contribution is 5.41. The first-order valence-corrected chi connectivity index (χ1v) is 9.54. The summed E-state index contributed by atoms with van der Waals surface area (Å²) < 4.78 is 14.3. The number of allylic oxidation sites excluding steroid dienone is 2. The highest BCUT2D eigenvalue weighted by atomic mass is 19.1. The second kappa shape index (κ2) is 7.97. The van der Waals surface area contributed by atoms with E-state index >= 15 is 0 Å². The summed E-state index contributed by atoms with van der Waals surface area (Å²) in [5.74, 6) is 2.17. The van der Waals surface area contributed by atoms with Gasteiger partial charge in [-0.25, -0.2) is 4.39 Å². The van der Waals surface area contributed by atoms with Gasteiger partial charge in [-0.3, -0.25) is 0 Å². The van der Waals surface area contributed by atoms with Crippen molar-refractivity contribution in [3.63, 3.8) is 0 Å². The zero-order chi connectivity index (χ0) is 16.9. The van der Waals surface area contributed by atoms with E-state index in [4.69, 9.17) is 5.26 Å². The Bertz CT molecular complexity index is 632. The monoisotopic (exact) mass is 325 g/mol. The van der Waals surface area contributed by atoms with Gasteiger partial charge in [0.05, 0.1) is 5.56 Å². The van der Waals surface area contributed by atoms with Gasteiger partial charge in [-0.2, -0.15) is 5.26 Å². The molecule has 0 heterocycles. The van der Waals surface area contributed by atoms with Crippen LogP contribution in [0.15, 0.2) is 24.3 Å². The maximum Gasteiger partial charge on any atom is 0.144 e. The molecule has 1 aromatic rings. The Balaban J connectivity index is 1.57. The number of hydrogen-bond donors (Lipinski definition) is 0. The Labute approximate surface area is 145 Å². The van der Waals surface area contributed by atoms with E-state index < -0.39 is 0 Å². The van der Waals surface area contributed by atoms with Crippen LogP contribution in [0, 0.1) is 34.9 Å². The van der Waals surface area contributed by atoms with Crippen molar-refractivity contribution < 1.29 is 4.39 Å². The fourth-order valence-electron chi connectivity index (χ4n) is 4.77. The van der Waals surface area contributed by atoms with Crippen LogP contribution in [-0.2, 0) is 12.8 Å². The predicted octanol–water partition coefficient (Wildman–Crippen LogP) is 5.96. The average Bonchev–Trinajstić information content (AvgIpc) is 2.63. The van der Waals surface area contributed by atoms with E-state index in [2.05, 4.69) is 19.1 Å². The molecule has 1 nitrogen and oxygen atoms in total. The molecule has 0 aromatic heterocycles. The Morgan fingerprint density at radius 3 is 2.67 bits per heavy atom. The molecule has 24 heavy (non-hydrogen) atoms. The molecule has 128 valence electrons. The quantitative estimate of drug-likeness (QED) is 0.626. The molecular formula is C22H28FN. The van der Waals surface area contributed by atoms with Crippen LogP contribution in [0.25, 0.3) is 0 Å². The third-order valence-corrected chi connectivity index (χ3v) is 6.24. The number of benzene rings is 1. The van der Waals surface area contributed by atoms with Gasteiger partial charge in [0, 0.05) is 0 Å². The maximum absolute atomic E-state index is 14.3. The lowest BCUT2D eigenvalue weighted by molar-refractivity contribution is 0.184. The third kappa shape index (κ3) is 3.72. The maximum atomic E-state index is 14.3. The SMILES string of the molecule is CC=CCCC1CCC(C2CCc3c(ccc(C#N)c3F)C2)CC1. The van der Waals surface area contributed by atoms with Crippen molar-refractivity contribution >= 4 is 0 Å². The first kappa shape index (κ1) is 17.2. The summed E-state index contributed by atoms with van der Waals surface area (Å²) in [6, 6.07) is 5.62. The number of nitriles is 1. The molecule has 1 unspecified atom stereocenters. The van der Waals surface area contributed by atoms with E-state index in [0.717, 1.165) is 42.2 Å². The van der Waals surface area contributed by atoms with Gasteiger partial charge in [-0.1, -0.05) is 31.1 Å². The van der Waals surface area contributed by atoms with E-state index in [9.17, 15) is 4.39 Å². The lowest BCUT2D eigenvalue weighted by Crippen LogP contribution is -2.27. The van der Waals surface area contributed by atoms with Crippen molar-refractivity contribution in [2.45, 2.75) is 64.7 Å². The minimum absolute atomic E-state index is 0.203. The number of fused-ring (bicyclic) bond motifs is 1. The smallest absolute Gasteiger partial charge is 0.144 e. The Morgan fingerprint density at radius 2 is 1.96 bits per heavy atom. The van der Waals surface area contributed by atoms with Crippen LogP contribution < -0.4 is 0 Å². The molecule has 0 aliphatic heterocycles. The van der Waals surface area contributed by atoms with Crippen molar-refractivity contribution in [3.05, 3.63) is 46.8 Å². The lowest BCUT2D eigenvalue weighted by Gasteiger charge is -2.36. The van der Waals surface area contributed by atoms with E-state index in [1.54, 1.807) is 6.07 Å². The van der Waals surface area contributed by atoms with Crippen molar-refractivity contribution in [3.8, 4) is 6.07 Å². The summed E-state index contributed by atoms with van der Waals surface area (Å²) in [7, 11) is 0. The number of nitrogens with zero attached hydrogens (tertiary/aromatic N) is 1. The van der Waals surface area contributed by atoms with Gasteiger partial charge in [0.25, 0.3) is 0 Å². The fraction of sp³-hybridized carbons (Fsp3) is 0.591. The van der Waals surface area contributed by atoms with Gasteiger partial charge >= 0.3 is 0 Å². The molecule has 3 rings (SSSR count). The van der Waals surface area contributed by atoms with Gasteiger partial charge < -0.3 is 0 Å². The van der Waals surface area contributed by atoms with Crippen LogP contribution in [-0.4, -0.2) is 0 Å². The molecule has 0 amide bonds. The van der Waals surface area contributed by atoms with Gasteiger partial charge in [0.1, 0.15) is 11.9 Å². The van der Waals surface area contributed by atoms with E-state index in [1.165, 1.54) is 38.5 Å². The molecule has 0 bridgehead atoms. The average molecular weight is 325 g/mol. The fourth-order valence-corrected chi connectivity index (χ4v) is 4.77. The number of rotatable bonds is 4. The second-order valence-electron chi connectivity index (χ2n) is 7.61. The molecule has 2 aliphatic carbocycles. The molecule has 0 radical (unpaired) electrons. The van der Waals surface area contributed by atoms with Crippen molar-refractivity contribution in [2.75, 3.05) is 0 Å². The highest BCUT2D eigenvalue weighted by Crippen LogP contribution is 2.41. The summed E-state index contributed by atoms with van der Waals surface area (Å²) in [6.45, 7) is 2.10. The second-order valence-corrected chi connectivity index (χ2v) is 7.61. The first-order valence-electron chi connectivity index (χ1n) is 9.54. The van der Waals surface area contributed by atoms with E-state index in [-0.39, 0.29) is 11.4 Å².